The number of halogens is 1. The molecular formula is C26H25FN2O3. The van der Waals surface area contributed by atoms with Crippen LogP contribution in [0, 0.1) is 12.7 Å². The lowest BCUT2D eigenvalue weighted by atomic mass is 9.81. The molecule has 0 amide bonds. The molecule has 1 unspecified atom stereocenters. The van der Waals surface area contributed by atoms with E-state index in [9.17, 15) is 9.18 Å². The van der Waals surface area contributed by atoms with Gasteiger partial charge in [0.05, 0.1) is 23.5 Å². The van der Waals surface area contributed by atoms with Gasteiger partial charge in [0.1, 0.15) is 12.4 Å². The van der Waals surface area contributed by atoms with Crippen LogP contribution in [-0.4, -0.2) is 35.2 Å². The zero-order valence-corrected chi connectivity index (χ0v) is 18.6. The van der Waals surface area contributed by atoms with Crippen molar-refractivity contribution in [3.63, 3.8) is 0 Å². The highest BCUT2D eigenvalue weighted by Crippen LogP contribution is 2.49. The maximum Gasteiger partial charge on any atom is 0.343 e. The van der Waals surface area contributed by atoms with Crippen molar-refractivity contribution in [2.24, 2.45) is 0 Å². The summed E-state index contributed by atoms with van der Waals surface area (Å²) in [5.74, 6) is -0.574. The summed E-state index contributed by atoms with van der Waals surface area (Å²) in [6.45, 7) is 9.00. The number of fused-ring (bicyclic) bond motifs is 4. The normalized spacial score (nSPS) is 23.8. The van der Waals surface area contributed by atoms with Crippen molar-refractivity contribution in [3.8, 4) is 0 Å². The van der Waals surface area contributed by atoms with Gasteiger partial charge in [0.25, 0.3) is 0 Å². The Bertz CT molecular complexity index is 1320. The third kappa shape index (κ3) is 2.26. The summed E-state index contributed by atoms with van der Waals surface area (Å²) in [5.41, 5.74) is 8.11. The quantitative estimate of drug-likeness (QED) is 0.654. The Hall–Kier alpha value is -2.99. The molecule has 164 valence electrons. The lowest BCUT2D eigenvalue weighted by Gasteiger charge is -2.40. The zero-order valence-electron chi connectivity index (χ0n) is 18.6. The Morgan fingerprint density at radius 3 is 2.84 bits per heavy atom. The number of rotatable bonds is 2. The van der Waals surface area contributed by atoms with Crippen LogP contribution in [0.2, 0.25) is 0 Å². The molecular weight excluding hydrogens is 407 g/mol. The molecule has 4 heterocycles. The summed E-state index contributed by atoms with van der Waals surface area (Å²) < 4.78 is 26.0. The molecule has 0 saturated heterocycles. The fraction of sp³-hybridized carbons (Fsp3) is 0.385. The second kappa shape index (κ2) is 6.51. The molecule has 2 aromatic rings. The number of methoxy groups -OCH3 is 1. The molecule has 5 nitrogen and oxygen atoms in total. The average Bonchev–Trinajstić information content (AvgIpc) is 3.17. The molecule has 4 aliphatic rings. The van der Waals surface area contributed by atoms with E-state index in [2.05, 4.69) is 11.5 Å². The minimum atomic E-state index is -1.15. The van der Waals surface area contributed by atoms with Gasteiger partial charge in [0.2, 0.25) is 0 Å². The van der Waals surface area contributed by atoms with E-state index in [1.54, 1.807) is 13.2 Å². The van der Waals surface area contributed by atoms with Crippen LogP contribution in [0.15, 0.2) is 35.6 Å². The SMILES string of the molecule is C=C1C2=C(C=C3c4nc5cc(F)c(C)c6c5c(c4CN13)CCC6)C(CC)(OC)C(=O)OC2. The number of esters is 1. The summed E-state index contributed by atoms with van der Waals surface area (Å²) in [6, 6.07) is 1.57. The van der Waals surface area contributed by atoms with E-state index in [0.717, 1.165) is 64.0 Å². The van der Waals surface area contributed by atoms with Crippen LogP contribution in [0.1, 0.15) is 47.7 Å². The number of aromatic nitrogens is 1. The fourth-order valence-corrected chi connectivity index (χ4v) is 5.96. The number of carbonyl (C=O) groups is 1. The summed E-state index contributed by atoms with van der Waals surface area (Å²) in [6.07, 6.45) is 5.31. The molecule has 0 saturated carbocycles. The van der Waals surface area contributed by atoms with Gasteiger partial charge in [-0.3, -0.25) is 0 Å². The van der Waals surface area contributed by atoms with Crippen LogP contribution in [0.25, 0.3) is 16.6 Å². The van der Waals surface area contributed by atoms with Crippen LogP contribution in [0.3, 0.4) is 0 Å². The van der Waals surface area contributed by atoms with Gasteiger partial charge >= 0.3 is 5.97 Å². The first-order valence-corrected chi connectivity index (χ1v) is 11.2. The largest absolute Gasteiger partial charge is 0.458 e. The molecule has 1 atom stereocenters. The van der Waals surface area contributed by atoms with Gasteiger partial charge in [-0.2, -0.15) is 0 Å². The van der Waals surface area contributed by atoms with Gasteiger partial charge in [-0.1, -0.05) is 13.5 Å². The Morgan fingerprint density at radius 1 is 1.31 bits per heavy atom. The smallest absolute Gasteiger partial charge is 0.343 e. The van der Waals surface area contributed by atoms with E-state index < -0.39 is 5.60 Å². The molecule has 6 rings (SSSR count). The van der Waals surface area contributed by atoms with Crippen LogP contribution < -0.4 is 0 Å². The van der Waals surface area contributed by atoms with Gasteiger partial charge < -0.3 is 14.4 Å². The van der Waals surface area contributed by atoms with Crippen LogP contribution >= 0.6 is 0 Å². The number of hydrogen-bond donors (Lipinski definition) is 0. The lowest BCUT2D eigenvalue weighted by molar-refractivity contribution is -0.166. The molecule has 6 heteroatoms. The Labute approximate surface area is 186 Å². The molecule has 0 radical (unpaired) electrons. The zero-order chi connectivity index (χ0) is 22.4. The second-order valence-electron chi connectivity index (χ2n) is 9.04. The Morgan fingerprint density at radius 2 is 2.09 bits per heavy atom. The van der Waals surface area contributed by atoms with E-state index in [-0.39, 0.29) is 18.4 Å². The average molecular weight is 432 g/mol. The molecule has 32 heavy (non-hydrogen) atoms. The predicted octanol–water partition coefficient (Wildman–Crippen LogP) is 4.50. The lowest BCUT2D eigenvalue weighted by Crippen LogP contribution is -2.48. The van der Waals surface area contributed by atoms with Gasteiger partial charge in [-0.15, -0.1) is 0 Å². The number of benzene rings is 1. The number of ether oxygens (including phenoxy) is 2. The molecule has 3 aliphatic heterocycles. The minimum absolute atomic E-state index is 0.186. The second-order valence-corrected chi connectivity index (χ2v) is 9.04. The van der Waals surface area contributed by atoms with Gasteiger partial charge in [-0.05, 0) is 55.4 Å². The third-order valence-corrected chi connectivity index (χ3v) is 7.76. The monoisotopic (exact) mass is 432 g/mol. The van der Waals surface area contributed by atoms with Crippen molar-refractivity contribution in [2.75, 3.05) is 13.7 Å². The first-order valence-electron chi connectivity index (χ1n) is 11.2. The molecule has 0 fully saturated rings. The van der Waals surface area contributed by atoms with E-state index in [1.165, 1.54) is 11.1 Å². The predicted molar refractivity (Wildman–Crippen MR) is 119 cm³/mol. The summed E-state index contributed by atoms with van der Waals surface area (Å²) in [5, 5.41) is 1.12. The highest BCUT2D eigenvalue weighted by Gasteiger charge is 2.49. The Balaban J connectivity index is 1.62. The standard InChI is InChI=1S/C26H25FN2O3/c1-5-26(31-4)19-9-22-24-17(11-29(22)14(3)18(19)12-32-25(26)30)16-8-6-7-15-13(2)20(27)10-21(28-24)23(15)16/h9-10H,3,5-8,11-12H2,1-2,4H3. The fourth-order valence-electron chi connectivity index (χ4n) is 5.96. The first kappa shape index (κ1) is 19.7. The highest BCUT2D eigenvalue weighted by atomic mass is 19.1. The maximum atomic E-state index is 14.7. The molecule has 1 aromatic heterocycles. The summed E-state index contributed by atoms with van der Waals surface area (Å²) in [7, 11) is 1.54. The van der Waals surface area contributed by atoms with Crippen molar-refractivity contribution < 1.29 is 18.7 Å². The van der Waals surface area contributed by atoms with Crippen molar-refractivity contribution in [1.82, 2.24) is 9.88 Å². The van der Waals surface area contributed by atoms with Crippen LogP contribution in [0.4, 0.5) is 4.39 Å². The van der Waals surface area contributed by atoms with Gasteiger partial charge in [0, 0.05) is 41.0 Å². The summed E-state index contributed by atoms with van der Waals surface area (Å²) >= 11 is 0. The number of nitrogens with zero attached hydrogens (tertiary/aromatic N) is 2. The number of carbonyl (C=O) groups excluding carboxylic acids is 1. The van der Waals surface area contributed by atoms with E-state index >= 15 is 0 Å². The van der Waals surface area contributed by atoms with Crippen LogP contribution in [0.5, 0.6) is 0 Å². The van der Waals surface area contributed by atoms with Crippen molar-refractivity contribution in [1.29, 1.82) is 0 Å². The minimum Gasteiger partial charge on any atom is -0.458 e. The van der Waals surface area contributed by atoms with E-state index in [0.29, 0.717) is 18.5 Å². The number of hydrogen-bond acceptors (Lipinski definition) is 5. The first-order chi connectivity index (χ1) is 15.4. The van der Waals surface area contributed by atoms with E-state index in [1.807, 2.05) is 19.9 Å². The molecule has 1 aliphatic carbocycles. The topological polar surface area (TPSA) is 51.7 Å². The van der Waals surface area contributed by atoms with E-state index in [4.69, 9.17) is 14.5 Å². The number of cyclic esters (lactones) is 1. The molecule has 0 spiro atoms. The van der Waals surface area contributed by atoms with Crippen molar-refractivity contribution in [3.05, 3.63) is 69.3 Å². The van der Waals surface area contributed by atoms with Crippen molar-refractivity contribution >= 4 is 22.6 Å². The molecule has 0 N–H and O–H groups in total. The van der Waals surface area contributed by atoms with Gasteiger partial charge in [0.15, 0.2) is 5.60 Å². The van der Waals surface area contributed by atoms with Crippen molar-refractivity contribution in [2.45, 2.75) is 51.7 Å². The molecule has 1 aromatic carbocycles. The number of pyridine rings is 1. The number of aryl methyl sites for hydroxylation is 2. The third-order valence-electron chi connectivity index (χ3n) is 7.76. The maximum absolute atomic E-state index is 14.7. The Kier molecular flexibility index (Phi) is 4.01. The van der Waals surface area contributed by atoms with Gasteiger partial charge in [-0.25, -0.2) is 14.2 Å². The summed E-state index contributed by atoms with van der Waals surface area (Å²) in [4.78, 5) is 19.9. The highest BCUT2D eigenvalue weighted by molar-refractivity contribution is 5.94. The molecule has 0 bridgehead atoms. The van der Waals surface area contributed by atoms with Crippen LogP contribution in [-0.2, 0) is 33.7 Å².